The number of nitrogens with zero attached hydrogens (tertiary/aromatic N) is 2. The van der Waals surface area contributed by atoms with Gasteiger partial charge in [-0.25, -0.2) is 0 Å². The second-order valence-electron chi connectivity index (χ2n) is 6.90. The van der Waals surface area contributed by atoms with Crippen LogP contribution in [-0.2, 0) is 0 Å². The fourth-order valence-corrected chi connectivity index (χ4v) is 3.92. The molecule has 0 radical (unpaired) electrons. The Kier molecular flexibility index (Phi) is 6.49. The molecule has 0 spiro atoms. The van der Waals surface area contributed by atoms with Gasteiger partial charge in [0, 0.05) is 38.4 Å². The lowest BCUT2D eigenvalue weighted by molar-refractivity contribution is 0.748. The topological polar surface area (TPSA) is 63.7 Å². The number of aliphatic imine (C=N–C) groups is 1. The Morgan fingerprint density at radius 3 is 2.25 bits per heavy atom. The molecule has 3 rings (SSSR count). The quantitative estimate of drug-likeness (QED) is 0.547. The second kappa shape index (κ2) is 9.04. The third-order valence-corrected chi connectivity index (χ3v) is 5.04. The summed E-state index contributed by atoms with van der Waals surface area (Å²) in [6, 6.07) is 4.67. The molecule has 6 nitrogen and oxygen atoms in total. The van der Waals surface area contributed by atoms with Crippen molar-refractivity contribution in [2.45, 2.75) is 40.7 Å². The lowest BCUT2D eigenvalue weighted by atomic mass is 9.96. The van der Waals surface area contributed by atoms with Crippen molar-refractivity contribution in [2.24, 2.45) is 4.99 Å². The summed E-state index contributed by atoms with van der Waals surface area (Å²) in [6.07, 6.45) is 4.50. The van der Waals surface area contributed by atoms with E-state index in [1.807, 2.05) is 0 Å². The molecule has 1 atom stereocenters. The molecule has 0 bridgehead atoms. The molecule has 1 heterocycles. The van der Waals surface area contributed by atoms with E-state index in [1.54, 1.807) is 0 Å². The molecule has 0 saturated carbocycles. The van der Waals surface area contributed by atoms with Crippen LogP contribution in [0, 0.1) is 0 Å². The van der Waals surface area contributed by atoms with E-state index in [4.69, 9.17) is 4.99 Å². The number of benzene rings is 1. The van der Waals surface area contributed by atoms with Crippen molar-refractivity contribution in [2.75, 3.05) is 53.6 Å². The Bertz CT molecular complexity index is 792. The normalized spacial score (nSPS) is 19.2. The van der Waals surface area contributed by atoms with Crippen LogP contribution in [0.5, 0.6) is 0 Å². The first kappa shape index (κ1) is 20.1. The van der Waals surface area contributed by atoms with Gasteiger partial charge in [-0.2, -0.15) is 0 Å². The SMILES string of the molecule is CCN=C1C=C2Nc3cc(NCC)c(NCC)cc3N(CC)[C@H]2C=C1NCC. The van der Waals surface area contributed by atoms with E-state index in [2.05, 4.69) is 85.1 Å². The summed E-state index contributed by atoms with van der Waals surface area (Å²) in [4.78, 5) is 7.15. The van der Waals surface area contributed by atoms with E-state index in [-0.39, 0.29) is 6.04 Å². The highest BCUT2D eigenvalue weighted by Gasteiger charge is 2.32. The largest absolute Gasteiger partial charge is 0.384 e. The minimum Gasteiger partial charge on any atom is -0.384 e. The number of fused-ring (bicyclic) bond motifs is 2. The first-order valence-electron chi connectivity index (χ1n) is 10.6. The van der Waals surface area contributed by atoms with E-state index in [0.29, 0.717) is 0 Å². The monoisotopic (exact) mass is 382 g/mol. The van der Waals surface area contributed by atoms with Gasteiger partial charge in [-0.1, -0.05) is 0 Å². The van der Waals surface area contributed by atoms with Gasteiger partial charge < -0.3 is 26.2 Å². The zero-order chi connectivity index (χ0) is 20.1. The second-order valence-corrected chi connectivity index (χ2v) is 6.90. The standard InChI is InChI=1S/C22H34N6/c1-6-23-15-11-19-21(13-17(15)25-8-3)28(10-5)22-14-18(26-9-4)16(24-7-2)12-20(22)27-19/h11-14,21,24-27H,6-10H2,1-5H3/t21-/m0/s1. The molecule has 1 aliphatic carbocycles. The van der Waals surface area contributed by atoms with Crippen molar-refractivity contribution in [1.29, 1.82) is 0 Å². The van der Waals surface area contributed by atoms with Crippen LogP contribution >= 0.6 is 0 Å². The van der Waals surface area contributed by atoms with E-state index < -0.39 is 0 Å². The molecule has 152 valence electrons. The van der Waals surface area contributed by atoms with Crippen LogP contribution < -0.4 is 26.2 Å². The Morgan fingerprint density at radius 1 is 0.964 bits per heavy atom. The van der Waals surface area contributed by atoms with E-state index in [1.165, 1.54) is 11.4 Å². The van der Waals surface area contributed by atoms with Crippen LogP contribution in [0.3, 0.4) is 0 Å². The van der Waals surface area contributed by atoms with Gasteiger partial charge in [-0.05, 0) is 58.9 Å². The molecule has 6 heteroatoms. The fraction of sp³-hybridized carbons (Fsp3) is 0.500. The number of rotatable bonds is 8. The number of hydrogen-bond donors (Lipinski definition) is 4. The highest BCUT2D eigenvalue weighted by Crippen LogP contribution is 2.42. The molecule has 0 fully saturated rings. The van der Waals surface area contributed by atoms with Crippen molar-refractivity contribution in [3.8, 4) is 0 Å². The molecule has 28 heavy (non-hydrogen) atoms. The van der Waals surface area contributed by atoms with Crippen LogP contribution in [0.4, 0.5) is 22.7 Å². The van der Waals surface area contributed by atoms with Gasteiger partial charge in [0.05, 0.1) is 40.2 Å². The summed E-state index contributed by atoms with van der Waals surface area (Å²) in [6.45, 7) is 15.1. The van der Waals surface area contributed by atoms with Gasteiger partial charge in [0.25, 0.3) is 0 Å². The molecule has 4 N–H and O–H groups in total. The van der Waals surface area contributed by atoms with Crippen molar-refractivity contribution >= 4 is 28.5 Å². The Labute approximate surface area is 169 Å². The van der Waals surface area contributed by atoms with Crippen LogP contribution in [0.2, 0.25) is 0 Å². The summed E-state index contributed by atoms with van der Waals surface area (Å²) in [5.41, 5.74) is 7.98. The van der Waals surface area contributed by atoms with Gasteiger partial charge in [-0.3, -0.25) is 4.99 Å². The van der Waals surface area contributed by atoms with E-state index >= 15 is 0 Å². The average molecular weight is 383 g/mol. The molecular formula is C22H34N6. The minimum atomic E-state index is 0.182. The number of anilines is 4. The van der Waals surface area contributed by atoms with Crippen molar-refractivity contribution < 1.29 is 0 Å². The number of nitrogens with one attached hydrogen (secondary N) is 4. The predicted molar refractivity (Wildman–Crippen MR) is 123 cm³/mol. The number of allylic oxidation sites excluding steroid dienone is 1. The minimum absolute atomic E-state index is 0.182. The van der Waals surface area contributed by atoms with Crippen LogP contribution in [0.1, 0.15) is 34.6 Å². The van der Waals surface area contributed by atoms with E-state index in [9.17, 15) is 0 Å². The molecule has 2 aliphatic rings. The molecule has 0 saturated heterocycles. The zero-order valence-corrected chi connectivity index (χ0v) is 17.8. The molecule has 1 aromatic carbocycles. The third kappa shape index (κ3) is 3.81. The lowest BCUT2D eigenvalue weighted by Gasteiger charge is -2.41. The van der Waals surface area contributed by atoms with Gasteiger partial charge in [-0.15, -0.1) is 0 Å². The Hall–Kier alpha value is -2.63. The summed E-state index contributed by atoms with van der Waals surface area (Å²) in [7, 11) is 0. The van der Waals surface area contributed by atoms with Crippen LogP contribution in [0.15, 0.2) is 40.7 Å². The molecule has 0 unspecified atom stereocenters. The average Bonchev–Trinajstić information content (AvgIpc) is 2.68. The van der Waals surface area contributed by atoms with Crippen LogP contribution in [0.25, 0.3) is 0 Å². The molecule has 0 aromatic heterocycles. The molecule has 1 aromatic rings. The predicted octanol–water partition coefficient (Wildman–Crippen LogP) is 4.02. The van der Waals surface area contributed by atoms with Crippen molar-refractivity contribution in [1.82, 2.24) is 5.32 Å². The first-order valence-corrected chi connectivity index (χ1v) is 10.6. The zero-order valence-electron chi connectivity index (χ0n) is 17.8. The molecule has 1 aliphatic heterocycles. The maximum Gasteiger partial charge on any atom is 0.0900 e. The summed E-state index contributed by atoms with van der Waals surface area (Å²) in [5.74, 6) is 0. The maximum atomic E-state index is 4.70. The highest BCUT2D eigenvalue weighted by atomic mass is 15.2. The lowest BCUT2D eigenvalue weighted by Crippen LogP contribution is -2.44. The fourth-order valence-electron chi connectivity index (χ4n) is 3.92. The molecule has 0 amide bonds. The number of likely N-dealkylation sites (N-methyl/N-ethyl adjacent to an activating group) is 1. The van der Waals surface area contributed by atoms with Gasteiger partial charge in [0.15, 0.2) is 0 Å². The van der Waals surface area contributed by atoms with E-state index in [0.717, 1.165) is 61.2 Å². The smallest absolute Gasteiger partial charge is 0.0900 e. The van der Waals surface area contributed by atoms with Crippen LogP contribution in [-0.4, -0.2) is 44.5 Å². The Morgan fingerprint density at radius 2 is 1.64 bits per heavy atom. The Balaban J connectivity index is 2.08. The number of hydrogen-bond acceptors (Lipinski definition) is 6. The van der Waals surface area contributed by atoms with Crippen molar-refractivity contribution in [3.05, 3.63) is 35.7 Å². The van der Waals surface area contributed by atoms with Crippen molar-refractivity contribution in [3.63, 3.8) is 0 Å². The first-order chi connectivity index (χ1) is 13.7. The highest BCUT2D eigenvalue weighted by molar-refractivity contribution is 6.10. The summed E-state index contributed by atoms with van der Waals surface area (Å²) >= 11 is 0. The van der Waals surface area contributed by atoms with Gasteiger partial charge in [0.1, 0.15) is 0 Å². The molecular weight excluding hydrogens is 348 g/mol. The summed E-state index contributed by atoms with van der Waals surface area (Å²) < 4.78 is 0. The maximum absolute atomic E-state index is 4.70. The van der Waals surface area contributed by atoms with Gasteiger partial charge in [0.2, 0.25) is 0 Å². The van der Waals surface area contributed by atoms with Gasteiger partial charge >= 0.3 is 0 Å². The summed E-state index contributed by atoms with van der Waals surface area (Å²) in [5, 5.41) is 14.2. The third-order valence-electron chi connectivity index (χ3n) is 5.04.